The van der Waals surface area contributed by atoms with Gasteiger partial charge in [-0.3, -0.25) is 0 Å². The summed E-state index contributed by atoms with van der Waals surface area (Å²) in [6.07, 6.45) is 4.18. The van der Waals surface area contributed by atoms with Crippen molar-refractivity contribution in [3.8, 4) is 0 Å². The van der Waals surface area contributed by atoms with Gasteiger partial charge in [0.15, 0.2) is 5.69 Å². The molecule has 0 aromatic carbocycles. The number of nitrogens with one attached hydrogen (secondary N) is 1. The van der Waals surface area contributed by atoms with Crippen LogP contribution in [0.25, 0.3) is 0 Å². The Bertz CT molecular complexity index is 493. The second-order valence-corrected chi connectivity index (χ2v) is 3.47. The van der Waals surface area contributed by atoms with Gasteiger partial charge >= 0.3 is 5.97 Å². The van der Waals surface area contributed by atoms with Gasteiger partial charge in [-0.15, -0.1) is 0 Å². The number of carbonyl (C=O) groups is 1. The van der Waals surface area contributed by atoms with E-state index in [1.165, 1.54) is 12.4 Å². The number of anilines is 1. The standard InChI is InChI=1S/C11H11N3O3/c1-7(9-3-2-4-17-9)14-10-6-12-8(5-13-10)11(15)16/h2-7H,1H3,(H,13,14)(H,15,16). The van der Waals surface area contributed by atoms with Crippen LogP contribution in [0.2, 0.25) is 0 Å². The summed E-state index contributed by atoms with van der Waals surface area (Å²) in [5.74, 6) is 0.177. The minimum Gasteiger partial charge on any atom is -0.476 e. The van der Waals surface area contributed by atoms with Crippen LogP contribution in [0.3, 0.4) is 0 Å². The van der Waals surface area contributed by atoms with Crippen LogP contribution in [0, 0.1) is 0 Å². The van der Waals surface area contributed by atoms with E-state index in [2.05, 4.69) is 15.3 Å². The van der Waals surface area contributed by atoms with E-state index in [0.29, 0.717) is 5.82 Å². The third-order valence-corrected chi connectivity index (χ3v) is 2.21. The first-order valence-electron chi connectivity index (χ1n) is 5.02. The van der Waals surface area contributed by atoms with Crippen molar-refractivity contribution in [3.63, 3.8) is 0 Å². The molecular weight excluding hydrogens is 222 g/mol. The number of rotatable bonds is 4. The second kappa shape index (κ2) is 4.65. The molecule has 0 radical (unpaired) electrons. The van der Waals surface area contributed by atoms with Gasteiger partial charge in [0.25, 0.3) is 0 Å². The first-order chi connectivity index (χ1) is 8.16. The lowest BCUT2D eigenvalue weighted by Gasteiger charge is -2.11. The van der Waals surface area contributed by atoms with Crippen molar-refractivity contribution in [3.05, 3.63) is 42.2 Å². The van der Waals surface area contributed by atoms with Crippen LogP contribution in [-0.2, 0) is 0 Å². The number of nitrogens with zero attached hydrogens (tertiary/aromatic N) is 2. The summed E-state index contributed by atoms with van der Waals surface area (Å²) in [4.78, 5) is 18.3. The third-order valence-electron chi connectivity index (χ3n) is 2.21. The number of aromatic carboxylic acids is 1. The summed E-state index contributed by atoms with van der Waals surface area (Å²) in [5, 5.41) is 11.7. The Morgan fingerprint density at radius 1 is 1.47 bits per heavy atom. The molecule has 0 amide bonds. The fourth-order valence-electron chi connectivity index (χ4n) is 1.34. The first kappa shape index (κ1) is 11.1. The summed E-state index contributed by atoms with van der Waals surface area (Å²) in [7, 11) is 0. The summed E-state index contributed by atoms with van der Waals surface area (Å²) in [5.41, 5.74) is -0.0822. The lowest BCUT2D eigenvalue weighted by molar-refractivity contribution is 0.0690. The van der Waals surface area contributed by atoms with Crippen molar-refractivity contribution >= 4 is 11.8 Å². The van der Waals surface area contributed by atoms with E-state index in [9.17, 15) is 4.79 Å². The van der Waals surface area contributed by atoms with Crippen LogP contribution in [0.4, 0.5) is 5.82 Å². The van der Waals surface area contributed by atoms with Gasteiger partial charge in [0.1, 0.15) is 11.6 Å². The van der Waals surface area contributed by atoms with Crippen LogP contribution < -0.4 is 5.32 Å². The van der Waals surface area contributed by atoms with Gasteiger partial charge in [0.2, 0.25) is 0 Å². The average Bonchev–Trinajstić information content (AvgIpc) is 2.83. The lowest BCUT2D eigenvalue weighted by Crippen LogP contribution is -2.09. The van der Waals surface area contributed by atoms with Gasteiger partial charge in [0, 0.05) is 0 Å². The first-order valence-corrected chi connectivity index (χ1v) is 5.02. The molecule has 1 unspecified atom stereocenters. The van der Waals surface area contributed by atoms with Crippen LogP contribution in [0.5, 0.6) is 0 Å². The smallest absolute Gasteiger partial charge is 0.356 e. The highest BCUT2D eigenvalue weighted by molar-refractivity contribution is 5.84. The van der Waals surface area contributed by atoms with Crippen LogP contribution >= 0.6 is 0 Å². The van der Waals surface area contributed by atoms with Crippen LogP contribution in [0.15, 0.2) is 35.2 Å². The molecule has 2 aromatic rings. The molecule has 17 heavy (non-hydrogen) atoms. The molecule has 0 aliphatic rings. The quantitative estimate of drug-likeness (QED) is 0.838. The van der Waals surface area contributed by atoms with Crippen molar-refractivity contribution < 1.29 is 14.3 Å². The van der Waals surface area contributed by atoms with E-state index >= 15 is 0 Å². The van der Waals surface area contributed by atoms with Crippen molar-refractivity contribution in [2.75, 3.05) is 5.32 Å². The highest BCUT2D eigenvalue weighted by Crippen LogP contribution is 2.17. The van der Waals surface area contributed by atoms with E-state index in [1.54, 1.807) is 12.3 Å². The van der Waals surface area contributed by atoms with Gasteiger partial charge in [-0.2, -0.15) is 0 Å². The monoisotopic (exact) mass is 233 g/mol. The number of aromatic nitrogens is 2. The molecule has 6 nitrogen and oxygen atoms in total. The molecular formula is C11H11N3O3. The van der Waals surface area contributed by atoms with Crippen molar-refractivity contribution in [2.45, 2.75) is 13.0 Å². The Hall–Kier alpha value is -2.37. The van der Waals surface area contributed by atoms with E-state index in [-0.39, 0.29) is 11.7 Å². The molecule has 6 heteroatoms. The largest absolute Gasteiger partial charge is 0.476 e. The summed E-state index contributed by atoms with van der Waals surface area (Å²) < 4.78 is 5.22. The highest BCUT2D eigenvalue weighted by atomic mass is 16.4. The predicted octanol–water partition coefficient (Wildman–Crippen LogP) is 1.94. The van der Waals surface area contributed by atoms with Gasteiger partial charge in [0.05, 0.1) is 24.7 Å². The topological polar surface area (TPSA) is 88.2 Å². The predicted molar refractivity (Wildman–Crippen MR) is 59.7 cm³/mol. The average molecular weight is 233 g/mol. The molecule has 0 aliphatic heterocycles. The van der Waals surface area contributed by atoms with E-state index < -0.39 is 5.97 Å². The zero-order valence-corrected chi connectivity index (χ0v) is 9.12. The Kier molecular flexibility index (Phi) is 3.04. The van der Waals surface area contributed by atoms with Gasteiger partial charge in [-0.05, 0) is 19.1 Å². The lowest BCUT2D eigenvalue weighted by atomic mass is 10.2. The van der Waals surface area contributed by atoms with E-state index in [1.807, 2.05) is 13.0 Å². The maximum atomic E-state index is 10.6. The maximum absolute atomic E-state index is 10.6. The van der Waals surface area contributed by atoms with Crippen molar-refractivity contribution in [1.29, 1.82) is 0 Å². The molecule has 2 aromatic heterocycles. The van der Waals surface area contributed by atoms with Gasteiger partial charge < -0.3 is 14.8 Å². The molecule has 0 aliphatic carbocycles. The zero-order valence-electron chi connectivity index (χ0n) is 9.12. The van der Waals surface area contributed by atoms with E-state index in [0.717, 1.165) is 5.76 Å². The maximum Gasteiger partial charge on any atom is 0.356 e. The Labute approximate surface area is 97.3 Å². The minimum atomic E-state index is -1.09. The van der Waals surface area contributed by atoms with Gasteiger partial charge in [-0.1, -0.05) is 0 Å². The second-order valence-electron chi connectivity index (χ2n) is 3.47. The molecule has 2 heterocycles. The Morgan fingerprint density at radius 2 is 2.29 bits per heavy atom. The molecule has 1 atom stereocenters. The fraction of sp³-hybridized carbons (Fsp3) is 0.182. The van der Waals surface area contributed by atoms with Gasteiger partial charge in [-0.25, -0.2) is 14.8 Å². The number of carboxylic acid groups (broad SMARTS) is 1. The molecule has 0 saturated heterocycles. The number of furan rings is 1. The number of carboxylic acids is 1. The zero-order chi connectivity index (χ0) is 12.3. The molecule has 2 rings (SSSR count). The molecule has 0 spiro atoms. The van der Waals surface area contributed by atoms with Crippen molar-refractivity contribution in [1.82, 2.24) is 9.97 Å². The molecule has 2 N–H and O–H groups in total. The Morgan fingerprint density at radius 3 is 2.82 bits per heavy atom. The Balaban J connectivity index is 2.06. The molecule has 0 fully saturated rings. The molecule has 0 bridgehead atoms. The van der Waals surface area contributed by atoms with Crippen LogP contribution in [-0.4, -0.2) is 21.0 Å². The van der Waals surface area contributed by atoms with Crippen LogP contribution in [0.1, 0.15) is 29.2 Å². The molecule has 88 valence electrons. The summed E-state index contributed by atoms with van der Waals surface area (Å²) in [6.45, 7) is 1.91. The SMILES string of the molecule is CC(Nc1cnc(C(=O)O)cn1)c1ccco1. The number of hydrogen-bond donors (Lipinski definition) is 2. The van der Waals surface area contributed by atoms with Crippen molar-refractivity contribution in [2.24, 2.45) is 0 Å². The summed E-state index contributed by atoms with van der Waals surface area (Å²) >= 11 is 0. The minimum absolute atomic E-state index is 0.0602. The fourth-order valence-corrected chi connectivity index (χ4v) is 1.34. The summed E-state index contributed by atoms with van der Waals surface area (Å²) in [6, 6.07) is 3.58. The number of hydrogen-bond acceptors (Lipinski definition) is 5. The normalized spacial score (nSPS) is 12.1. The molecule has 0 saturated carbocycles. The highest BCUT2D eigenvalue weighted by Gasteiger charge is 2.10. The van der Waals surface area contributed by atoms with E-state index in [4.69, 9.17) is 9.52 Å². The third kappa shape index (κ3) is 2.60.